The summed E-state index contributed by atoms with van der Waals surface area (Å²) in [5.41, 5.74) is 1.54. The van der Waals surface area contributed by atoms with Crippen molar-refractivity contribution in [3.05, 3.63) is 24.3 Å². The van der Waals surface area contributed by atoms with E-state index >= 15 is 0 Å². The van der Waals surface area contributed by atoms with E-state index in [-0.39, 0.29) is 0 Å². The lowest BCUT2D eigenvalue weighted by atomic mass is 9.81. The third kappa shape index (κ3) is 1.15. The summed E-state index contributed by atoms with van der Waals surface area (Å²) in [5, 5.41) is 0. The summed E-state index contributed by atoms with van der Waals surface area (Å²) in [5.74, 6) is 1.90. The van der Waals surface area contributed by atoms with E-state index in [1.165, 1.54) is 32.1 Å². The fourth-order valence-corrected chi connectivity index (χ4v) is 2.67. The van der Waals surface area contributed by atoms with Crippen molar-refractivity contribution in [3.63, 3.8) is 0 Å². The molecule has 0 amide bonds. The third-order valence-electron chi connectivity index (χ3n) is 3.24. The summed E-state index contributed by atoms with van der Waals surface area (Å²) in [6.07, 6.45) is 11.5. The van der Waals surface area contributed by atoms with Crippen LogP contribution in [0.5, 0.6) is 0 Å². The first-order chi connectivity index (χ1) is 5.42. The predicted molar refractivity (Wildman–Crippen MR) is 48.3 cm³/mol. The minimum absolute atomic E-state index is 0.890. The molecule has 0 heterocycles. The van der Waals surface area contributed by atoms with E-state index in [0.29, 0.717) is 0 Å². The highest BCUT2D eigenvalue weighted by atomic mass is 14.3. The molecule has 2 atom stereocenters. The van der Waals surface area contributed by atoms with E-state index in [1.54, 1.807) is 5.57 Å². The van der Waals surface area contributed by atoms with Gasteiger partial charge in [0.05, 0.1) is 0 Å². The molecule has 0 radical (unpaired) electrons. The Kier molecular flexibility index (Phi) is 1.85. The van der Waals surface area contributed by atoms with Crippen molar-refractivity contribution < 1.29 is 0 Å². The number of fused-ring (bicyclic) bond motifs is 1. The lowest BCUT2D eigenvalue weighted by molar-refractivity contribution is 0.398. The summed E-state index contributed by atoms with van der Waals surface area (Å²) in [6.45, 7) is 3.88. The first-order valence-electron chi connectivity index (χ1n) is 4.74. The summed E-state index contributed by atoms with van der Waals surface area (Å²) in [6, 6.07) is 0. The van der Waals surface area contributed by atoms with Crippen molar-refractivity contribution >= 4 is 0 Å². The van der Waals surface area contributed by atoms with Crippen LogP contribution < -0.4 is 0 Å². The first-order valence-corrected chi connectivity index (χ1v) is 4.74. The highest BCUT2D eigenvalue weighted by Gasteiger charge is 2.30. The Balaban J connectivity index is 2.19. The molecule has 0 aromatic heterocycles. The SMILES string of the molecule is C=CC1=CCCC2CCCC12. The van der Waals surface area contributed by atoms with E-state index in [0.717, 1.165) is 11.8 Å². The van der Waals surface area contributed by atoms with E-state index in [9.17, 15) is 0 Å². The van der Waals surface area contributed by atoms with Gasteiger partial charge >= 0.3 is 0 Å². The van der Waals surface area contributed by atoms with E-state index in [1.807, 2.05) is 0 Å². The van der Waals surface area contributed by atoms with Crippen LogP contribution in [0.1, 0.15) is 32.1 Å². The van der Waals surface area contributed by atoms with Crippen molar-refractivity contribution in [2.75, 3.05) is 0 Å². The number of rotatable bonds is 1. The van der Waals surface area contributed by atoms with Gasteiger partial charge in [0.15, 0.2) is 0 Å². The Bertz CT molecular complexity index is 188. The smallest absolute Gasteiger partial charge is 0.0137 e. The van der Waals surface area contributed by atoms with Crippen LogP contribution in [0.25, 0.3) is 0 Å². The lowest BCUT2D eigenvalue weighted by Gasteiger charge is -2.24. The standard InChI is InChI=1S/C11H16/c1-2-9-5-3-6-10-7-4-8-11(9)10/h2,5,10-11H,1,3-4,6-8H2. The summed E-state index contributed by atoms with van der Waals surface area (Å²) < 4.78 is 0. The van der Waals surface area contributed by atoms with Crippen molar-refractivity contribution in [2.45, 2.75) is 32.1 Å². The van der Waals surface area contributed by atoms with E-state index in [4.69, 9.17) is 0 Å². The molecule has 2 rings (SSSR count). The molecule has 0 aliphatic heterocycles. The summed E-state index contributed by atoms with van der Waals surface area (Å²) in [4.78, 5) is 0. The van der Waals surface area contributed by atoms with Gasteiger partial charge in [-0.1, -0.05) is 25.2 Å². The molecular weight excluding hydrogens is 132 g/mol. The first kappa shape index (κ1) is 7.15. The van der Waals surface area contributed by atoms with Crippen molar-refractivity contribution in [2.24, 2.45) is 11.8 Å². The molecular formula is C11H16. The van der Waals surface area contributed by atoms with E-state index in [2.05, 4.69) is 18.7 Å². The van der Waals surface area contributed by atoms with Crippen molar-refractivity contribution in [3.8, 4) is 0 Å². The van der Waals surface area contributed by atoms with Crippen LogP contribution in [0.2, 0.25) is 0 Å². The molecule has 1 saturated carbocycles. The second kappa shape index (κ2) is 2.84. The quantitative estimate of drug-likeness (QED) is 0.535. The van der Waals surface area contributed by atoms with Gasteiger partial charge in [0.25, 0.3) is 0 Å². The van der Waals surface area contributed by atoms with Crippen molar-refractivity contribution in [1.29, 1.82) is 0 Å². The highest BCUT2D eigenvalue weighted by molar-refractivity contribution is 5.23. The molecule has 0 spiro atoms. The Morgan fingerprint density at radius 3 is 3.09 bits per heavy atom. The maximum Gasteiger partial charge on any atom is -0.0137 e. The molecule has 2 aliphatic rings. The Labute approximate surface area is 69.0 Å². The molecule has 11 heavy (non-hydrogen) atoms. The fourth-order valence-electron chi connectivity index (χ4n) is 2.67. The van der Waals surface area contributed by atoms with Crippen LogP contribution in [0.4, 0.5) is 0 Å². The van der Waals surface area contributed by atoms with Gasteiger partial charge in [-0.15, -0.1) is 0 Å². The van der Waals surface area contributed by atoms with Crippen LogP contribution in [0, 0.1) is 11.8 Å². The Morgan fingerprint density at radius 1 is 1.36 bits per heavy atom. The zero-order valence-electron chi connectivity index (χ0n) is 7.05. The third-order valence-corrected chi connectivity index (χ3v) is 3.24. The molecule has 0 saturated heterocycles. The monoisotopic (exact) mass is 148 g/mol. The summed E-state index contributed by atoms with van der Waals surface area (Å²) >= 11 is 0. The highest BCUT2D eigenvalue weighted by Crippen LogP contribution is 2.42. The van der Waals surface area contributed by atoms with Crippen LogP contribution in [-0.2, 0) is 0 Å². The Hall–Kier alpha value is -0.520. The molecule has 2 aliphatic carbocycles. The fraction of sp³-hybridized carbons (Fsp3) is 0.636. The second-order valence-electron chi connectivity index (χ2n) is 3.78. The van der Waals surface area contributed by atoms with Crippen LogP contribution >= 0.6 is 0 Å². The van der Waals surface area contributed by atoms with Gasteiger partial charge in [-0.05, 0) is 43.1 Å². The van der Waals surface area contributed by atoms with Gasteiger partial charge in [-0.2, -0.15) is 0 Å². The molecule has 2 unspecified atom stereocenters. The van der Waals surface area contributed by atoms with Crippen molar-refractivity contribution in [1.82, 2.24) is 0 Å². The zero-order valence-corrected chi connectivity index (χ0v) is 7.05. The van der Waals surface area contributed by atoms with Gasteiger partial charge in [0, 0.05) is 0 Å². The number of allylic oxidation sites excluding steroid dienone is 3. The predicted octanol–water partition coefficient (Wildman–Crippen LogP) is 3.31. The number of hydrogen-bond acceptors (Lipinski definition) is 0. The van der Waals surface area contributed by atoms with Gasteiger partial charge in [-0.25, -0.2) is 0 Å². The largest absolute Gasteiger partial charge is 0.0988 e. The van der Waals surface area contributed by atoms with Gasteiger partial charge < -0.3 is 0 Å². The molecule has 0 aromatic rings. The summed E-state index contributed by atoms with van der Waals surface area (Å²) in [7, 11) is 0. The average molecular weight is 148 g/mol. The van der Waals surface area contributed by atoms with E-state index < -0.39 is 0 Å². The van der Waals surface area contributed by atoms with Crippen LogP contribution in [0.3, 0.4) is 0 Å². The van der Waals surface area contributed by atoms with Crippen LogP contribution in [0.15, 0.2) is 24.3 Å². The maximum atomic E-state index is 3.88. The lowest BCUT2D eigenvalue weighted by Crippen LogP contribution is -2.13. The molecule has 0 heteroatoms. The van der Waals surface area contributed by atoms with Gasteiger partial charge in [0.1, 0.15) is 0 Å². The molecule has 0 N–H and O–H groups in total. The molecule has 0 nitrogen and oxygen atoms in total. The normalized spacial score (nSPS) is 36.2. The molecule has 1 fully saturated rings. The zero-order chi connectivity index (χ0) is 7.68. The van der Waals surface area contributed by atoms with Gasteiger partial charge in [-0.3, -0.25) is 0 Å². The van der Waals surface area contributed by atoms with Crippen LogP contribution in [-0.4, -0.2) is 0 Å². The minimum atomic E-state index is 0.890. The molecule has 60 valence electrons. The Morgan fingerprint density at radius 2 is 2.27 bits per heavy atom. The maximum absolute atomic E-state index is 3.88. The average Bonchev–Trinajstić information content (AvgIpc) is 2.50. The molecule has 0 aromatic carbocycles. The van der Waals surface area contributed by atoms with Gasteiger partial charge in [0.2, 0.25) is 0 Å². The minimum Gasteiger partial charge on any atom is -0.0988 e. The second-order valence-corrected chi connectivity index (χ2v) is 3.78. The number of hydrogen-bond donors (Lipinski definition) is 0. The molecule has 0 bridgehead atoms. The topological polar surface area (TPSA) is 0 Å².